The van der Waals surface area contributed by atoms with Gasteiger partial charge in [-0.15, -0.1) is 0 Å². The summed E-state index contributed by atoms with van der Waals surface area (Å²) in [6.45, 7) is 1.55. The Morgan fingerprint density at radius 1 is 1.16 bits per heavy atom. The van der Waals surface area contributed by atoms with Gasteiger partial charge >= 0.3 is 6.03 Å². The van der Waals surface area contributed by atoms with Crippen LogP contribution in [-0.4, -0.2) is 39.5 Å². The van der Waals surface area contributed by atoms with Gasteiger partial charge in [-0.25, -0.2) is 17.9 Å². The zero-order valence-electron chi connectivity index (χ0n) is 10.7. The molecule has 1 aliphatic heterocycles. The van der Waals surface area contributed by atoms with Gasteiger partial charge in [0.25, 0.3) is 0 Å². The number of benzene rings is 1. The fourth-order valence-corrected chi connectivity index (χ4v) is 2.69. The molecular formula is C12H17N3O3S. The molecule has 0 unspecified atom stereocenters. The largest absolute Gasteiger partial charge is 0.325 e. The third-order valence-electron chi connectivity index (χ3n) is 3.08. The minimum atomic E-state index is -3.43. The number of amides is 2. The first-order chi connectivity index (χ1) is 9.03. The van der Waals surface area contributed by atoms with Gasteiger partial charge in [-0.2, -0.15) is 0 Å². The predicted octanol–water partition coefficient (Wildman–Crippen LogP) is 1.22. The van der Waals surface area contributed by atoms with Crippen LogP contribution in [0.5, 0.6) is 0 Å². The lowest BCUT2D eigenvalue weighted by Crippen LogP contribution is -2.32. The third-order valence-corrected chi connectivity index (χ3v) is 4.51. The highest BCUT2D eigenvalue weighted by molar-refractivity contribution is 7.89. The number of hydrogen-bond acceptors (Lipinski definition) is 3. The minimum Gasteiger partial charge on any atom is -0.325 e. The molecule has 1 saturated heterocycles. The van der Waals surface area contributed by atoms with E-state index in [0.717, 1.165) is 25.9 Å². The Hall–Kier alpha value is -1.60. The van der Waals surface area contributed by atoms with Gasteiger partial charge in [0, 0.05) is 18.8 Å². The molecule has 0 aliphatic carbocycles. The SMILES string of the molecule is CNS(=O)(=O)c1ccc(NC(=O)N2CCCC2)cc1. The first-order valence-corrected chi connectivity index (χ1v) is 7.61. The first-order valence-electron chi connectivity index (χ1n) is 6.12. The quantitative estimate of drug-likeness (QED) is 0.875. The zero-order chi connectivity index (χ0) is 13.9. The van der Waals surface area contributed by atoms with Crippen molar-refractivity contribution in [2.45, 2.75) is 17.7 Å². The Balaban J connectivity index is 2.04. The Kier molecular flexibility index (Phi) is 4.06. The fourth-order valence-electron chi connectivity index (χ4n) is 1.96. The van der Waals surface area contributed by atoms with Gasteiger partial charge in [0.05, 0.1) is 4.90 Å². The van der Waals surface area contributed by atoms with Crippen LogP contribution in [0.15, 0.2) is 29.2 Å². The van der Waals surface area contributed by atoms with Crippen molar-refractivity contribution in [1.82, 2.24) is 9.62 Å². The monoisotopic (exact) mass is 283 g/mol. The Labute approximate surface area is 112 Å². The van der Waals surface area contributed by atoms with Crippen molar-refractivity contribution in [3.05, 3.63) is 24.3 Å². The van der Waals surface area contributed by atoms with Crippen LogP contribution in [0, 0.1) is 0 Å². The van der Waals surface area contributed by atoms with Crippen molar-refractivity contribution in [3.63, 3.8) is 0 Å². The highest BCUT2D eigenvalue weighted by atomic mass is 32.2. The van der Waals surface area contributed by atoms with Crippen molar-refractivity contribution in [2.75, 3.05) is 25.5 Å². The molecule has 1 aromatic rings. The number of rotatable bonds is 3. The molecule has 2 N–H and O–H groups in total. The summed E-state index contributed by atoms with van der Waals surface area (Å²) in [5.41, 5.74) is 0.590. The van der Waals surface area contributed by atoms with Crippen LogP contribution in [0.2, 0.25) is 0 Å². The lowest BCUT2D eigenvalue weighted by atomic mass is 10.3. The normalized spacial score (nSPS) is 15.5. The fraction of sp³-hybridized carbons (Fsp3) is 0.417. The molecule has 6 nitrogen and oxygen atoms in total. The summed E-state index contributed by atoms with van der Waals surface area (Å²) >= 11 is 0. The molecule has 0 spiro atoms. The molecule has 19 heavy (non-hydrogen) atoms. The van der Waals surface area contributed by atoms with E-state index in [4.69, 9.17) is 0 Å². The van der Waals surface area contributed by atoms with Crippen LogP contribution in [0.3, 0.4) is 0 Å². The number of carbonyl (C=O) groups is 1. The Morgan fingerprint density at radius 2 is 1.74 bits per heavy atom. The average molecular weight is 283 g/mol. The molecule has 0 bridgehead atoms. The minimum absolute atomic E-state index is 0.137. The van der Waals surface area contributed by atoms with Crippen LogP contribution in [-0.2, 0) is 10.0 Å². The van der Waals surface area contributed by atoms with E-state index in [1.165, 1.54) is 19.2 Å². The summed E-state index contributed by atoms with van der Waals surface area (Å²) in [6.07, 6.45) is 2.07. The van der Waals surface area contributed by atoms with E-state index in [-0.39, 0.29) is 10.9 Å². The number of likely N-dealkylation sites (tertiary alicyclic amines) is 1. The van der Waals surface area contributed by atoms with Gasteiger partial charge in [0.2, 0.25) is 10.0 Å². The average Bonchev–Trinajstić information content (AvgIpc) is 2.93. The topological polar surface area (TPSA) is 78.5 Å². The zero-order valence-corrected chi connectivity index (χ0v) is 11.5. The van der Waals surface area contributed by atoms with E-state index in [1.807, 2.05) is 0 Å². The molecule has 0 radical (unpaired) electrons. The maximum absolute atomic E-state index is 11.8. The van der Waals surface area contributed by atoms with E-state index in [2.05, 4.69) is 10.0 Å². The molecule has 104 valence electrons. The molecule has 2 amide bonds. The second-order valence-electron chi connectivity index (χ2n) is 4.36. The molecule has 1 fully saturated rings. The van der Waals surface area contributed by atoms with Crippen molar-refractivity contribution in [1.29, 1.82) is 0 Å². The molecule has 0 aromatic heterocycles. The number of nitrogens with zero attached hydrogens (tertiary/aromatic N) is 1. The number of anilines is 1. The lowest BCUT2D eigenvalue weighted by Gasteiger charge is -2.16. The van der Waals surface area contributed by atoms with Crippen molar-refractivity contribution in [2.24, 2.45) is 0 Å². The maximum Gasteiger partial charge on any atom is 0.321 e. The first kappa shape index (κ1) is 13.8. The number of urea groups is 1. The van der Waals surface area contributed by atoms with Crippen LogP contribution < -0.4 is 10.0 Å². The van der Waals surface area contributed by atoms with Gasteiger partial charge in [-0.3, -0.25) is 0 Å². The summed E-state index contributed by atoms with van der Waals surface area (Å²) in [4.78, 5) is 13.8. The van der Waals surface area contributed by atoms with Gasteiger partial charge in [-0.1, -0.05) is 0 Å². The summed E-state index contributed by atoms with van der Waals surface area (Å²) < 4.78 is 25.3. The molecule has 1 heterocycles. The smallest absolute Gasteiger partial charge is 0.321 e. The molecule has 0 saturated carbocycles. The van der Waals surface area contributed by atoms with E-state index in [1.54, 1.807) is 17.0 Å². The number of hydrogen-bond donors (Lipinski definition) is 2. The molecular weight excluding hydrogens is 266 g/mol. The summed E-state index contributed by atoms with van der Waals surface area (Å²) in [6, 6.07) is 5.95. The van der Waals surface area contributed by atoms with E-state index in [9.17, 15) is 13.2 Å². The van der Waals surface area contributed by atoms with E-state index < -0.39 is 10.0 Å². The third kappa shape index (κ3) is 3.24. The van der Waals surface area contributed by atoms with Gasteiger partial charge in [0.1, 0.15) is 0 Å². The summed E-state index contributed by atoms with van der Waals surface area (Å²) in [5.74, 6) is 0. The number of carbonyl (C=O) groups excluding carboxylic acids is 1. The van der Waals surface area contributed by atoms with Gasteiger partial charge in [-0.05, 0) is 44.2 Å². The second kappa shape index (κ2) is 5.58. The summed E-state index contributed by atoms with van der Waals surface area (Å²) in [7, 11) is -2.07. The Bertz CT molecular complexity index is 548. The van der Waals surface area contributed by atoms with Crippen molar-refractivity contribution in [3.8, 4) is 0 Å². The van der Waals surface area contributed by atoms with Crippen LogP contribution >= 0.6 is 0 Å². The highest BCUT2D eigenvalue weighted by Gasteiger charge is 2.18. The van der Waals surface area contributed by atoms with Crippen LogP contribution in [0.4, 0.5) is 10.5 Å². The van der Waals surface area contributed by atoms with Crippen LogP contribution in [0.25, 0.3) is 0 Å². The number of nitrogens with one attached hydrogen (secondary N) is 2. The predicted molar refractivity (Wildman–Crippen MR) is 72.5 cm³/mol. The van der Waals surface area contributed by atoms with Crippen molar-refractivity contribution >= 4 is 21.7 Å². The Morgan fingerprint density at radius 3 is 2.26 bits per heavy atom. The van der Waals surface area contributed by atoms with Gasteiger partial charge < -0.3 is 10.2 Å². The molecule has 1 aromatic carbocycles. The molecule has 0 atom stereocenters. The van der Waals surface area contributed by atoms with Crippen molar-refractivity contribution < 1.29 is 13.2 Å². The second-order valence-corrected chi connectivity index (χ2v) is 6.24. The molecule has 1 aliphatic rings. The standard InChI is InChI=1S/C12H17N3O3S/c1-13-19(17,18)11-6-4-10(5-7-11)14-12(16)15-8-2-3-9-15/h4-7,13H,2-3,8-9H2,1H3,(H,14,16). The molecule has 7 heteroatoms. The van der Waals surface area contributed by atoms with E-state index in [0.29, 0.717) is 5.69 Å². The van der Waals surface area contributed by atoms with Gasteiger partial charge in [0.15, 0.2) is 0 Å². The molecule has 2 rings (SSSR count). The van der Waals surface area contributed by atoms with E-state index >= 15 is 0 Å². The van der Waals surface area contributed by atoms with Crippen LogP contribution in [0.1, 0.15) is 12.8 Å². The summed E-state index contributed by atoms with van der Waals surface area (Å²) in [5, 5.41) is 2.75. The maximum atomic E-state index is 11.8. The lowest BCUT2D eigenvalue weighted by molar-refractivity contribution is 0.222. The number of sulfonamides is 1. The highest BCUT2D eigenvalue weighted by Crippen LogP contribution is 2.15.